The molecule has 7 heteroatoms. The highest BCUT2D eigenvalue weighted by Crippen LogP contribution is 2.24. The number of ether oxygens (including phenoxy) is 1. The fourth-order valence-electron chi connectivity index (χ4n) is 3.83. The molecule has 0 aromatic carbocycles. The lowest BCUT2D eigenvalue weighted by atomic mass is 9.93. The monoisotopic (exact) mass is 323 g/mol. The van der Waals surface area contributed by atoms with E-state index in [0.29, 0.717) is 39.3 Å². The van der Waals surface area contributed by atoms with Crippen molar-refractivity contribution in [3.8, 4) is 0 Å². The van der Waals surface area contributed by atoms with Gasteiger partial charge in [0.05, 0.1) is 6.54 Å². The summed E-state index contributed by atoms with van der Waals surface area (Å²) in [4.78, 5) is 41.2. The van der Waals surface area contributed by atoms with E-state index in [1.165, 1.54) is 0 Å². The molecule has 7 nitrogen and oxygen atoms in total. The highest BCUT2D eigenvalue weighted by atomic mass is 16.6. The molecule has 0 radical (unpaired) electrons. The quantitative estimate of drug-likeness (QED) is 0.750. The van der Waals surface area contributed by atoms with Gasteiger partial charge in [-0.15, -0.1) is 0 Å². The molecule has 0 aromatic rings. The molecule has 3 rings (SSSR count). The third-order valence-corrected chi connectivity index (χ3v) is 5.30. The second-order valence-electron chi connectivity index (χ2n) is 6.64. The number of carbonyl (C=O) groups excluding carboxylic acids is 3. The number of nitrogens with zero attached hydrogens (tertiary/aromatic N) is 3. The summed E-state index contributed by atoms with van der Waals surface area (Å²) in [7, 11) is 0. The second-order valence-corrected chi connectivity index (χ2v) is 6.64. The number of amides is 3. The van der Waals surface area contributed by atoms with Crippen molar-refractivity contribution in [3.05, 3.63) is 0 Å². The van der Waals surface area contributed by atoms with Gasteiger partial charge in [0.15, 0.2) is 0 Å². The third-order valence-electron chi connectivity index (χ3n) is 5.30. The predicted octanol–water partition coefficient (Wildman–Crippen LogP) is 0.688. The molecule has 0 aromatic heterocycles. The van der Waals surface area contributed by atoms with Gasteiger partial charge in [-0.1, -0.05) is 0 Å². The predicted molar refractivity (Wildman–Crippen MR) is 82.6 cm³/mol. The van der Waals surface area contributed by atoms with Crippen molar-refractivity contribution in [1.82, 2.24) is 14.7 Å². The summed E-state index contributed by atoms with van der Waals surface area (Å²) in [6, 6.07) is 0.202. The van der Waals surface area contributed by atoms with E-state index in [0.717, 1.165) is 25.7 Å². The number of hydrogen-bond donors (Lipinski definition) is 0. The van der Waals surface area contributed by atoms with Gasteiger partial charge in [-0.2, -0.15) is 0 Å². The van der Waals surface area contributed by atoms with Gasteiger partial charge in [0.25, 0.3) is 0 Å². The minimum atomic E-state index is -0.216. The Balaban J connectivity index is 1.47. The lowest BCUT2D eigenvalue weighted by Gasteiger charge is -2.38. The molecule has 23 heavy (non-hydrogen) atoms. The molecule has 128 valence electrons. The third kappa shape index (κ3) is 3.43. The molecule has 0 bridgehead atoms. The van der Waals surface area contributed by atoms with Gasteiger partial charge in [-0.25, -0.2) is 4.79 Å². The van der Waals surface area contributed by atoms with Crippen LogP contribution >= 0.6 is 0 Å². The molecular formula is C16H25N3O4. The van der Waals surface area contributed by atoms with Gasteiger partial charge in [0, 0.05) is 45.1 Å². The Morgan fingerprint density at radius 1 is 0.957 bits per heavy atom. The number of carbonyl (C=O) groups is 3. The van der Waals surface area contributed by atoms with Crippen LogP contribution in [0.1, 0.15) is 32.6 Å². The van der Waals surface area contributed by atoms with E-state index < -0.39 is 0 Å². The van der Waals surface area contributed by atoms with E-state index in [9.17, 15) is 14.4 Å². The molecule has 0 aliphatic carbocycles. The van der Waals surface area contributed by atoms with Crippen LogP contribution in [0.4, 0.5) is 4.79 Å². The van der Waals surface area contributed by atoms with E-state index in [4.69, 9.17) is 4.74 Å². The maximum atomic E-state index is 12.6. The number of rotatable bonds is 2. The Kier molecular flexibility index (Phi) is 4.73. The Bertz CT molecular complexity index is 480. The molecule has 3 saturated heterocycles. The van der Waals surface area contributed by atoms with Gasteiger partial charge in [-0.3, -0.25) is 9.59 Å². The van der Waals surface area contributed by atoms with Gasteiger partial charge in [-0.05, 0) is 25.7 Å². The van der Waals surface area contributed by atoms with E-state index in [1.807, 2.05) is 9.80 Å². The summed E-state index contributed by atoms with van der Waals surface area (Å²) in [5.41, 5.74) is 0. The van der Waals surface area contributed by atoms with Crippen LogP contribution in [0.3, 0.4) is 0 Å². The minimum absolute atomic E-state index is 0.0406. The van der Waals surface area contributed by atoms with Crippen molar-refractivity contribution < 1.29 is 19.1 Å². The van der Waals surface area contributed by atoms with Gasteiger partial charge in [0.1, 0.15) is 6.61 Å². The van der Waals surface area contributed by atoms with Gasteiger partial charge >= 0.3 is 6.09 Å². The highest BCUT2D eigenvalue weighted by molar-refractivity contribution is 5.80. The Labute approximate surface area is 136 Å². The van der Waals surface area contributed by atoms with E-state index in [1.54, 1.807) is 11.8 Å². The summed E-state index contributed by atoms with van der Waals surface area (Å²) in [5, 5.41) is 0. The topological polar surface area (TPSA) is 70.2 Å². The number of cyclic esters (lactones) is 1. The molecule has 3 fully saturated rings. The molecule has 3 aliphatic rings. The summed E-state index contributed by atoms with van der Waals surface area (Å²) in [5.74, 6) is 0.351. The maximum Gasteiger partial charge on any atom is 0.410 e. The Morgan fingerprint density at radius 3 is 2.09 bits per heavy atom. The van der Waals surface area contributed by atoms with Crippen molar-refractivity contribution in [3.63, 3.8) is 0 Å². The lowest BCUT2D eigenvalue weighted by molar-refractivity contribution is -0.141. The average Bonchev–Trinajstić information content (AvgIpc) is 3.00. The molecule has 3 heterocycles. The second kappa shape index (κ2) is 6.76. The number of piperidine rings is 2. The summed E-state index contributed by atoms with van der Waals surface area (Å²) < 4.78 is 4.99. The van der Waals surface area contributed by atoms with Crippen molar-refractivity contribution in [2.75, 3.05) is 39.3 Å². The van der Waals surface area contributed by atoms with Gasteiger partial charge in [0.2, 0.25) is 11.8 Å². The SMILES string of the molecule is CC(=O)N1CCC(C(=O)N2CCC(N3CCOC3=O)CC2)CC1. The first-order valence-corrected chi connectivity index (χ1v) is 8.54. The van der Waals surface area contributed by atoms with Crippen LogP contribution in [0.15, 0.2) is 0 Å². The zero-order valence-electron chi connectivity index (χ0n) is 13.7. The van der Waals surface area contributed by atoms with Crippen LogP contribution in [-0.4, -0.2) is 78.0 Å². The smallest absolute Gasteiger partial charge is 0.410 e. The van der Waals surface area contributed by atoms with Crippen LogP contribution in [-0.2, 0) is 14.3 Å². The number of likely N-dealkylation sites (tertiary alicyclic amines) is 2. The first kappa shape index (κ1) is 16.1. The molecule has 0 unspecified atom stereocenters. The van der Waals surface area contributed by atoms with Crippen molar-refractivity contribution in [1.29, 1.82) is 0 Å². The zero-order valence-corrected chi connectivity index (χ0v) is 13.7. The summed E-state index contributed by atoms with van der Waals surface area (Å²) >= 11 is 0. The maximum absolute atomic E-state index is 12.6. The molecular weight excluding hydrogens is 298 g/mol. The zero-order chi connectivity index (χ0) is 16.4. The Morgan fingerprint density at radius 2 is 1.57 bits per heavy atom. The van der Waals surface area contributed by atoms with Crippen molar-refractivity contribution >= 4 is 17.9 Å². The van der Waals surface area contributed by atoms with Crippen molar-refractivity contribution in [2.45, 2.75) is 38.6 Å². The molecule has 3 amide bonds. The normalized spacial score (nSPS) is 24.0. The Hall–Kier alpha value is -1.79. The first-order chi connectivity index (χ1) is 11.1. The molecule has 0 atom stereocenters. The summed E-state index contributed by atoms with van der Waals surface area (Å²) in [6.07, 6.45) is 2.96. The van der Waals surface area contributed by atoms with Crippen LogP contribution in [0, 0.1) is 5.92 Å². The molecule has 0 N–H and O–H groups in total. The minimum Gasteiger partial charge on any atom is -0.448 e. The van der Waals surface area contributed by atoms with E-state index in [2.05, 4.69) is 0 Å². The standard InChI is InChI=1S/C16H25N3O4/c1-12(20)17-6-2-13(3-7-17)15(21)18-8-4-14(5-9-18)19-10-11-23-16(19)22/h13-14H,2-11H2,1H3. The largest absolute Gasteiger partial charge is 0.448 e. The molecule has 3 aliphatic heterocycles. The lowest BCUT2D eigenvalue weighted by Crippen LogP contribution is -2.50. The fraction of sp³-hybridized carbons (Fsp3) is 0.812. The molecule has 0 saturated carbocycles. The highest BCUT2D eigenvalue weighted by Gasteiger charge is 2.35. The van der Waals surface area contributed by atoms with E-state index >= 15 is 0 Å². The van der Waals surface area contributed by atoms with Crippen molar-refractivity contribution in [2.24, 2.45) is 5.92 Å². The summed E-state index contributed by atoms with van der Waals surface area (Å²) in [6.45, 7) is 5.51. The van der Waals surface area contributed by atoms with Crippen LogP contribution in [0.5, 0.6) is 0 Å². The van der Waals surface area contributed by atoms with E-state index in [-0.39, 0.29) is 29.9 Å². The average molecular weight is 323 g/mol. The van der Waals surface area contributed by atoms with Crippen LogP contribution in [0.2, 0.25) is 0 Å². The molecule has 0 spiro atoms. The van der Waals surface area contributed by atoms with Crippen LogP contribution < -0.4 is 0 Å². The number of hydrogen-bond acceptors (Lipinski definition) is 4. The first-order valence-electron chi connectivity index (χ1n) is 8.54. The van der Waals surface area contributed by atoms with Crippen LogP contribution in [0.25, 0.3) is 0 Å². The fourth-order valence-corrected chi connectivity index (χ4v) is 3.83. The van der Waals surface area contributed by atoms with Gasteiger partial charge < -0.3 is 19.4 Å².